The van der Waals surface area contributed by atoms with E-state index in [4.69, 9.17) is 0 Å². The second-order valence-electron chi connectivity index (χ2n) is 6.10. The van der Waals surface area contributed by atoms with Gasteiger partial charge in [-0.3, -0.25) is 9.59 Å². The van der Waals surface area contributed by atoms with Crippen molar-refractivity contribution >= 4 is 17.5 Å². The number of hydrogen-bond acceptors (Lipinski definition) is 2. The smallest absolute Gasteiger partial charge is 0.254 e. The molecule has 3 rings (SSSR count). The van der Waals surface area contributed by atoms with Crippen LogP contribution in [-0.4, -0.2) is 34.4 Å². The Balaban J connectivity index is 1.68. The molecule has 0 atom stereocenters. The van der Waals surface area contributed by atoms with E-state index in [0.29, 0.717) is 5.56 Å². The molecule has 28 heavy (non-hydrogen) atoms. The van der Waals surface area contributed by atoms with Crippen LogP contribution < -0.4 is 5.32 Å². The summed E-state index contributed by atoms with van der Waals surface area (Å²) in [4.78, 5) is 26.2. The number of hydrogen-bond donors (Lipinski definition) is 1. The lowest BCUT2D eigenvalue weighted by Gasteiger charge is -2.21. The Morgan fingerprint density at radius 1 is 0.964 bits per heavy atom. The molecule has 1 heterocycles. The van der Waals surface area contributed by atoms with Gasteiger partial charge in [0.1, 0.15) is 23.9 Å². The van der Waals surface area contributed by atoms with Gasteiger partial charge in [0.2, 0.25) is 5.91 Å². The van der Waals surface area contributed by atoms with Crippen LogP contribution in [0.2, 0.25) is 0 Å². The van der Waals surface area contributed by atoms with Crippen LogP contribution in [-0.2, 0) is 4.79 Å². The molecule has 1 N–H and O–H groups in total. The van der Waals surface area contributed by atoms with Crippen LogP contribution in [0.5, 0.6) is 0 Å². The van der Waals surface area contributed by atoms with E-state index in [-0.39, 0.29) is 19.0 Å². The van der Waals surface area contributed by atoms with Gasteiger partial charge >= 0.3 is 0 Å². The zero-order valence-electron chi connectivity index (χ0n) is 15.2. The number of carbonyl (C=O) groups is 2. The molecule has 0 bridgehead atoms. The molecule has 3 aromatic rings. The van der Waals surface area contributed by atoms with Gasteiger partial charge in [0, 0.05) is 30.2 Å². The molecule has 0 aliphatic heterocycles. The summed E-state index contributed by atoms with van der Waals surface area (Å²) in [5.41, 5.74) is 0.798. The molecule has 0 aliphatic carbocycles. The molecule has 1 aromatic heterocycles. The van der Waals surface area contributed by atoms with Gasteiger partial charge in [-0.2, -0.15) is 0 Å². The van der Waals surface area contributed by atoms with Crippen LogP contribution >= 0.6 is 0 Å². The first-order chi connectivity index (χ1) is 13.5. The van der Waals surface area contributed by atoms with E-state index < -0.39 is 23.2 Å². The van der Waals surface area contributed by atoms with Gasteiger partial charge in [-0.1, -0.05) is 6.07 Å². The second-order valence-corrected chi connectivity index (χ2v) is 6.10. The lowest BCUT2D eigenvalue weighted by molar-refractivity contribution is -0.116. The third kappa shape index (κ3) is 4.25. The molecule has 0 fully saturated rings. The first kappa shape index (κ1) is 19.3. The van der Waals surface area contributed by atoms with Crippen molar-refractivity contribution in [2.45, 2.75) is 6.92 Å². The number of aromatic nitrogens is 1. The minimum absolute atomic E-state index is 0.269. The molecule has 2 aromatic carbocycles. The Labute approximate surface area is 161 Å². The number of para-hydroxylation sites is 1. The molecular weight excluding hydrogens is 364 g/mol. The monoisotopic (exact) mass is 383 g/mol. The molecule has 0 saturated carbocycles. The normalized spacial score (nSPS) is 10.5. The molecule has 2 amide bonds. The zero-order chi connectivity index (χ0) is 20.1. The average molecular weight is 383 g/mol. The Hall–Kier alpha value is -3.48. The highest BCUT2D eigenvalue weighted by Gasteiger charge is 2.19. The molecule has 0 unspecified atom stereocenters. The van der Waals surface area contributed by atoms with Crippen molar-refractivity contribution in [1.82, 2.24) is 9.47 Å². The van der Waals surface area contributed by atoms with Gasteiger partial charge in [0.15, 0.2) is 0 Å². The quantitative estimate of drug-likeness (QED) is 0.703. The van der Waals surface area contributed by atoms with E-state index in [2.05, 4.69) is 5.32 Å². The van der Waals surface area contributed by atoms with Gasteiger partial charge in [-0.15, -0.1) is 0 Å². The predicted octanol–water partition coefficient (Wildman–Crippen LogP) is 3.86. The fourth-order valence-corrected chi connectivity index (χ4v) is 2.76. The largest absolute Gasteiger partial charge is 0.330 e. The second kappa shape index (κ2) is 8.47. The molecule has 144 valence electrons. The minimum atomic E-state index is -0.872. The highest BCUT2D eigenvalue weighted by atomic mass is 19.1. The predicted molar refractivity (Wildman–Crippen MR) is 102 cm³/mol. The summed E-state index contributed by atoms with van der Waals surface area (Å²) in [6, 6.07) is 14.1. The van der Waals surface area contributed by atoms with E-state index >= 15 is 0 Å². The van der Waals surface area contributed by atoms with Crippen LogP contribution in [0.25, 0.3) is 5.69 Å². The maximum Gasteiger partial charge on any atom is 0.254 e. The maximum absolute atomic E-state index is 13.7. The highest BCUT2D eigenvalue weighted by Crippen LogP contribution is 2.18. The Morgan fingerprint density at radius 3 is 2.14 bits per heavy atom. The number of benzene rings is 2. The van der Waals surface area contributed by atoms with Crippen molar-refractivity contribution in [2.24, 2.45) is 0 Å². The summed E-state index contributed by atoms with van der Waals surface area (Å²) >= 11 is 0. The number of rotatable bonds is 6. The Morgan fingerprint density at radius 2 is 1.57 bits per heavy atom. The fourth-order valence-electron chi connectivity index (χ4n) is 2.76. The number of nitrogens with one attached hydrogen (secondary N) is 1. The van der Waals surface area contributed by atoms with Crippen molar-refractivity contribution in [2.75, 3.05) is 18.4 Å². The third-order valence-electron chi connectivity index (χ3n) is 4.25. The molecule has 7 heteroatoms. The summed E-state index contributed by atoms with van der Waals surface area (Å²) in [6.07, 6.45) is 3.78. The number of carbonyl (C=O) groups excluding carboxylic acids is 2. The van der Waals surface area contributed by atoms with Gasteiger partial charge in [-0.25, -0.2) is 8.78 Å². The van der Waals surface area contributed by atoms with Crippen molar-refractivity contribution in [3.8, 4) is 5.69 Å². The Kier molecular flexibility index (Phi) is 5.84. The van der Waals surface area contributed by atoms with Crippen LogP contribution in [0.15, 0.2) is 67.0 Å². The highest BCUT2D eigenvalue weighted by molar-refractivity contribution is 5.99. The first-order valence-corrected chi connectivity index (χ1v) is 8.76. The van der Waals surface area contributed by atoms with Crippen molar-refractivity contribution < 1.29 is 18.4 Å². The molecule has 0 spiro atoms. The van der Waals surface area contributed by atoms with Crippen LogP contribution in [0.4, 0.5) is 14.5 Å². The van der Waals surface area contributed by atoms with Gasteiger partial charge in [0.25, 0.3) is 5.91 Å². The fraction of sp³-hybridized carbons (Fsp3) is 0.143. The molecule has 0 aliphatic rings. The minimum Gasteiger partial charge on any atom is -0.330 e. The number of halogens is 2. The van der Waals surface area contributed by atoms with Gasteiger partial charge < -0.3 is 14.8 Å². The number of nitrogens with zero attached hydrogens (tertiary/aromatic N) is 2. The number of anilines is 1. The summed E-state index contributed by atoms with van der Waals surface area (Å²) in [5.74, 6) is -2.76. The topological polar surface area (TPSA) is 54.3 Å². The third-order valence-corrected chi connectivity index (χ3v) is 4.25. The lowest BCUT2D eigenvalue weighted by atomic mass is 10.1. The van der Waals surface area contributed by atoms with Crippen molar-refractivity contribution in [1.29, 1.82) is 0 Å². The standard InChI is InChI=1S/C21H19F2N3O2/c1-2-25(14-19(27)24-20-17(22)6-5-7-18(20)23)21(28)15-8-10-16(11-9-15)26-12-3-4-13-26/h3-13H,2,14H2,1H3,(H,24,27). The van der Waals surface area contributed by atoms with Gasteiger partial charge in [-0.05, 0) is 55.5 Å². The number of likely N-dealkylation sites (N-methyl/N-ethyl adjacent to an activating group) is 1. The van der Waals surface area contributed by atoms with Crippen molar-refractivity contribution in [3.05, 3.63) is 84.2 Å². The summed E-state index contributed by atoms with van der Waals surface area (Å²) in [6.45, 7) is 1.68. The van der Waals surface area contributed by atoms with Crippen molar-refractivity contribution in [3.63, 3.8) is 0 Å². The summed E-state index contributed by atoms with van der Waals surface area (Å²) in [7, 11) is 0. The van der Waals surface area contributed by atoms with E-state index in [9.17, 15) is 18.4 Å². The van der Waals surface area contributed by atoms with E-state index in [1.54, 1.807) is 31.2 Å². The Bertz CT molecular complexity index is 950. The van der Waals surface area contributed by atoms with Crippen LogP contribution in [0, 0.1) is 11.6 Å². The van der Waals surface area contributed by atoms with E-state index in [1.807, 2.05) is 29.1 Å². The van der Waals surface area contributed by atoms with E-state index in [0.717, 1.165) is 17.8 Å². The SMILES string of the molecule is CCN(CC(=O)Nc1c(F)cccc1F)C(=O)c1ccc(-n2cccc2)cc1. The first-order valence-electron chi connectivity index (χ1n) is 8.76. The van der Waals surface area contributed by atoms with Crippen LogP contribution in [0.3, 0.4) is 0 Å². The molecule has 5 nitrogen and oxygen atoms in total. The summed E-state index contributed by atoms with van der Waals surface area (Å²) < 4.78 is 29.2. The summed E-state index contributed by atoms with van der Waals surface area (Å²) in [5, 5.41) is 2.19. The molecule has 0 saturated heterocycles. The molecular formula is C21H19F2N3O2. The average Bonchev–Trinajstić information content (AvgIpc) is 3.23. The van der Waals surface area contributed by atoms with Crippen LogP contribution in [0.1, 0.15) is 17.3 Å². The maximum atomic E-state index is 13.7. The molecule has 0 radical (unpaired) electrons. The zero-order valence-corrected chi connectivity index (χ0v) is 15.2. The van der Waals surface area contributed by atoms with E-state index in [1.165, 1.54) is 11.0 Å². The lowest BCUT2D eigenvalue weighted by Crippen LogP contribution is -2.38. The number of amides is 2. The van der Waals surface area contributed by atoms with Gasteiger partial charge in [0.05, 0.1) is 0 Å².